The van der Waals surface area contributed by atoms with Crippen LogP contribution in [-0.4, -0.2) is 36.1 Å². The molecule has 122 valence electrons. The number of pyridine rings is 1. The largest absolute Gasteiger partial charge is 0.356 e. The number of likely N-dealkylation sites (tertiary alicyclic amines) is 1. The van der Waals surface area contributed by atoms with Crippen molar-refractivity contribution in [3.63, 3.8) is 0 Å². The summed E-state index contributed by atoms with van der Waals surface area (Å²) in [5.41, 5.74) is 2.79. The molecule has 3 rings (SSSR count). The summed E-state index contributed by atoms with van der Waals surface area (Å²) in [6, 6.07) is 2.99. The van der Waals surface area contributed by atoms with Crippen molar-refractivity contribution in [2.45, 2.75) is 58.9 Å². The summed E-state index contributed by atoms with van der Waals surface area (Å²) in [6.45, 7) is 11.7. The fourth-order valence-electron chi connectivity index (χ4n) is 4.09. The quantitative estimate of drug-likeness (QED) is 0.832. The summed E-state index contributed by atoms with van der Waals surface area (Å²) >= 11 is 0. The normalized spacial score (nSPS) is 23.5. The van der Waals surface area contributed by atoms with Gasteiger partial charge in [0.05, 0.1) is 0 Å². The molecule has 0 saturated carbocycles. The summed E-state index contributed by atoms with van der Waals surface area (Å²) in [5, 5.41) is 0. The van der Waals surface area contributed by atoms with E-state index in [0.29, 0.717) is 6.04 Å². The van der Waals surface area contributed by atoms with Gasteiger partial charge in [-0.3, -0.25) is 4.90 Å². The highest BCUT2D eigenvalue weighted by Gasteiger charge is 2.25. The third-order valence-electron chi connectivity index (χ3n) is 5.08. The van der Waals surface area contributed by atoms with Crippen molar-refractivity contribution < 1.29 is 0 Å². The van der Waals surface area contributed by atoms with Gasteiger partial charge in [0.15, 0.2) is 0 Å². The number of hydrogen-bond acceptors (Lipinski definition) is 3. The van der Waals surface area contributed by atoms with E-state index >= 15 is 0 Å². The summed E-state index contributed by atoms with van der Waals surface area (Å²) in [7, 11) is 0. The molecule has 0 spiro atoms. The summed E-state index contributed by atoms with van der Waals surface area (Å²) in [5.74, 6) is 1.95. The fourth-order valence-corrected chi connectivity index (χ4v) is 4.09. The lowest BCUT2D eigenvalue weighted by Gasteiger charge is -2.37. The Hall–Kier alpha value is -1.09. The van der Waals surface area contributed by atoms with Crippen LogP contribution in [0.2, 0.25) is 0 Å². The van der Waals surface area contributed by atoms with Gasteiger partial charge in [-0.25, -0.2) is 4.98 Å². The van der Waals surface area contributed by atoms with Gasteiger partial charge < -0.3 is 4.90 Å². The van der Waals surface area contributed by atoms with Crippen molar-refractivity contribution in [1.29, 1.82) is 0 Å². The van der Waals surface area contributed by atoms with E-state index in [0.717, 1.165) is 5.92 Å². The van der Waals surface area contributed by atoms with Gasteiger partial charge in [0.1, 0.15) is 5.82 Å². The van der Waals surface area contributed by atoms with Gasteiger partial charge in [-0.1, -0.05) is 20.3 Å². The van der Waals surface area contributed by atoms with E-state index in [1.807, 2.05) is 0 Å². The predicted octanol–water partition coefficient (Wildman–Crippen LogP) is 4.17. The van der Waals surface area contributed by atoms with Crippen molar-refractivity contribution in [3.8, 4) is 0 Å². The lowest BCUT2D eigenvalue weighted by molar-refractivity contribution is 0.132. The maximum atomic E-state index is 4.85. The number of piperidine rings is 1. The molecule has 0 unspecified atom stereocenters. The second-order valence-corrected chi connectivity index (χ2v) is 7.50. The van der Waals surface area contributed by atoms with Crippen LogP contribution in [0.25, 0.3) is 0 Å². The first-order valence-corrected chi connectivity index (χ1v) is 9.10. The Kier molecular flexibility index (Phi) is 5.02. The van der Waals surface area contributed by atoms with Crippen molar-refractivity contribution in [2.24, 2.45) is 5.92 Å². The van der Waals surface area contributed by atoms with E-state index in [1.165, 1.54) is 75.2 Å². The highest BCUT2D eigenvalue weighted by atomic mass is 15.2. The topological polar surface area (TPSA) is 19.4 Å². The Labute approximate surface area is 135 Å². The molecule has 0 N–H and O–H groups in total. The van der Waals surface area contributed by atoms with Crippen LogP contribution in [0.5, 0.6) is 0 Å². The maximum Gasteiger partial charge on any atom is 0.131 e. The van der Waals surface area contributed by atoms with Crippen LogP contribution in [0, 0.1) is 12.8 Å². The van der Waals surface area contributed by atoms with E-state index in [1.54, 1.807) is 0 Å². The number of aromatic nitrogens is 1. The molecule has 0 bridgehead atoms. The molecule has 2 aliphatic heterocycles. The maximum absolute atomic E-state index is 4.85. The summed E-state index contributed by atoms with van der Waals surface area (Å²) in [4.78, 5) is 9.98. The Morgan fingerprint density at radius 3 is 2.55 bits per heavy atom. The molecule has 3 heterocycles. The minimum Gasteiger partial charge on any atom is -0.356 e. The molecule has 2 fully saturated rings. The van der Waals surface area contributed by atoms with Gasteiger partial charge in [-0.15, -0.1) is 0 Å². The molecular formula is C19H31N3. The molecule has 0 amide bonds. The molecule has 1 aromatic rings. The van der Waals surface area contributed by atoms with Gasteiger partial charge in [0.2, 0.25) is 0 Å². The Morgan fingerprint density at radius 2 is 1.86 bits per heavy atom. The van der Waals surface area contributed by atoms with Crippen molar-refractivity contribution >= 4 is 5.82 Å². The number of hydrogen-bond donors (Lipinski definition) is 0. The molecule has 3 heteroatoms. The zero-order chi connectivity index (χ0) is 15.5. The standard InChI is InChI=1S/C19H31N3/c1-15(2)14-22-11-5-4-8-18(22)17-12-16(3)19(20-13-17)21-9-6-7-10-21/h12-13,15,18H,4-11,14H2,1-3H3/t18-/m0/s1. The smallest absolute Gasteiger partial charge is 0.131 e. The molecule has 22 heavy (non-hydrogen) atoms. The van der Waals surface area contributed by atoms with E-state index in [2.05, 4.69) is 42.8 Å². The second kappa shape index (κ2) is 6.99. The highest BCUT2D eigenvalue weighted by Crippen LogP contribution is 2.33. The van der Waals surface area contributed by atoms with Gasteiger partial charge in [0, 0.05) is 31.9 Å². The summed E-state index contributed by atoms with van der Waals surface area (Å²) in [6.07, 6.45) is 8.77. The van der Waals surface area contributed by atoms with Crippen LogP contribution in [-0.2, 0) is 0 Å². The lowest BCUT2D eigenvalue weighted by atomic mass is 9.94. The zero-order valence-electron chi connectivity index (χ0n) is 14.5. The SMILES string of the molecule is Cc1cc([C@@H]2CCCCN2CC(C)C)cnc1N1CCCC1. The average molecular weight is 301 g/mol. The number of aryl methyl sites for hydroxylation is 1. The molecule has 0 aromatic carbocycles. The molecular weight excluding hydrogens is 270 g/mol. The van der Waals surface area contributed by atoms with Crippen LogP contribution in [0.15, 0.2) is 12.3 Å². The first-order valence-electron chi connectivity index (χ1n) is 9.10. The zero-order valence-corrected chi connectivity index (χ0v) is 14.5. The first-order chi connectivity index (χ1) is 10.6. The number of nitrogens with zero attached hydrogens (tertiary/aromatic N) is 3. The van der Waals surface area contributed by atoms with Gasteiger partial charge in [-0.2, -0.15) is 0 Å². The Bertz CT molecular complexity index is 491. The van der Waals surface area contributed by atoms with Crippen molar-refractivity contribution in [2.75, 3.05) is 31.1 Å². The molecule has 2 aliphatic rings. The third kappa shape index (κ3) is 3.45. The second-order valence-electron chi connectivity index (χ2n) is 7.50. The Balaban J connectivity index is 1.79. The average Bonchev–Trinajstić information content (AvgIpc) is 3.01. The van der Waals surface area contributed by atoms with Crippen LogP contribution < -0.4 is 4.90 Å². The monoisotopic (exact) mass is 301 g/mol. The minimum atomic E-state index is 0.579. The van der Waals surface area contributed by atoms with Crippen LogP contribution in [0.1, 0.15) is 63.1 Å². The predicted molar refractivity (Wildman–Crippen MR) is 93.4 cm³/mol. The van der Waals surface area contributed by atoms with E-state index in [4.69, 9.17) is 4.98 Å². The molecule has 0 radical (unpaired) electrons. The Morgan fingerprint density at radius 1 is 1.14 bits per heavy atom. The van der Waals surface area contributed by atoms with Crippen molar-refractivity contribution in [3.05, 3.63) is 23.4 Å². The molecule has 0 aliphatic carbocycles. The van der Waals surface area contributed by atoms with Crippen LogP contribution in [0.4, 0.5) is 5.82 Å². The molecule has 2 saturated heterocycles. The molecule has 3 nitrogen and oxygen atoms in total. The van der Waals surface area contributed by atoms with Crippen LogP contribution in [0.3, 0.4) is 0 Å². The first kappa shape index (κ1) is 15.8. The number of anilines is 1. The van der Waals surface area contributed by atoms with Gasteiger partial charge >= 0.3 is 0 Å². The van der Waals surface area contributed by atoms with E-state index in [-0.39, 0.29) is 0 Å². The lowest BCUT2D eigenvalue weighted by Crippen LogP contribution is -2.36. The summed E-state index contributed by atoms with van der Waals surface area (Å²) < 4.78 is 0. The molecule has 1 aromatic heterocycles. The van der Waals surface area contributed by atoms with E-state index < -0.39 is 0 Å². The minimum absolute atomic E-state index is 0.579. The third-order valence-corrected chi connectivity index (χ3v) is 5.08. The van der Waals surface area contributed by atoms with Crippen molar-refractivity contribution in [1.82, 2.24) is 9.88 Å². The van der Waals surface area contributed by atoms with Crippen LogP contribution >= 0.6 is 0 Å². The number of rotatable bonds is 4. The fraction of sp³-hybridized carbons (Fsp3) is 0.737. The molecule has 1 atom stereocenters. The van der Waals surface area contributed by atoms with Gasteiger partial charge in [-0.05, 0) is 62.3 Å². The highest BCUT2D eigenvalue weighted by molar-refractivity contribution is 5.48. The van der Waals surface area contributed by atoms with E-state index in [9.17, 15) is 0 Å². The van der Waals surface area contributed by atoms with Gasteiger partial charge in [0.25, 0.3) is 0 Å².